The number of hydrogen-bond donors (Lipinski definition) is 2. The van der Waals surface area contributed by atoms with Gasteiger partial charge in [0.25, 0.3) is 5.91 Å². The molecule has 8 heteroatoms. The monoisotopic (exact) mass is 493 g/mol. The van der Waals surface area contributed by atoms with E-state index in [1.165, 1.54) is 23.1 Å². The molecule has 1 unspecified atom stereocenters. The van der Waals surface area contributed by atoms with Crippen molar-refractivity contribution in [3.63, 3.8) is 0 Å². The molecule has 4 aromatic rings. The third-order valence-corrected chi connectivity index (χ3v) is 7.83. The fourth-order valence-electron chi connectivity index (χ4n) is 3.18. The van der Waals surface area contributed by atoms with E-state index in [0.29, 0.717) is 22.8 Å². The van der Waals surface area contributed by atoms with Gasteiger partial charge in [0, 0.05) is 21.5 Å². The van der Waals surface area contributed by atoms with Crippen molar-refractivity contribution >= 4 is 57.1 Å². The van der Waals surface area contributed by atoms with Gasteiger partial charge in [-0.3, -0.25) is 9.59 Å². The first-order valence-corrected chi connectivity index (χ1v) is 13.1. The highest BCUT2D eigenvalue weighted by Crippen LogP contribution is 2.31. The zero-order valence-electron chi connectivity index (χ0n) is 18.2. The second-order valence-electron chi connectivity index (χ2n) is 7.37. The third kappa shape index (κ3) is 6.10. The minimum absolute atomic E-state index is 0.0798. The van der Waals surface area contributed by atoms with Gasteiger partial charge in [0.15, 0.2) is 5.13 Å². The van der Waals surface area contributed by atoms with E-state index in [4.69, 9.17) is 0 Å². The average Bonchev–Trinajstić information content (AvgIpc) is 3.50. The molecule has 0 radical (unpaired) electrons. The lowest BCUT2D eigenvalue weighted by Crippen LogP contribution is -2.24. The van der Waals surface area contributed by atoms with Crippen molar-refractivity contribution in [1.29, 1.82) is 0 Å². The van der Waals surface area contributed by atoms with Crippen LogP contribution in [0.4, 0.5) is 10.8 Å². The van der Waals surface area contributed by atoms with E-state index in [9.17, 15) is 9.59 Å². The van der Waals surface area contributed by atoms with Crippen molar-refractivity contribution in [3.8, 4) is 10.6 Å². The van der Waals surface area contributed by atoms with Gasteiger partial charge in [0.05, 0.1) is 15.8 Å². The summed E-state index contributed by atoms with van der Waals surface area (Å²) >= 11 is 4.52. The zero-order valence-corrected chi connectivity index (χ0v) is 20.7. The molecule has 4 rings (SSSR count). The number of thiophene rings is 1. The molecule has 0 aliphatic rings. The maximum Gasteiger partial charge on any atom is 0.255 e. The van der Waals surface area contributed by atoms with Crippen LogP contribution in [0.2, 0.25) is 0 Å². The van der Waals surface area contributed by atoms with Crippen LogP contribution >= 0.6 is 34.4 Å². The summed E-state index contributed by atoms with van der Waals surface area (Å²) in [6, 6.07) is 19.0. The Morgan fingerprint density at radius 2 is 1.88 bits per heavy atom. The number of rotatable bonds is 8. The topological polar surface area (TPSA) is 71.1 Å². The van der Waals surface area contributed by atoms with Crippen LogP contribution in [0.25, 0.3) is 10.6 Å². The molecule has 168 valence electrons. The minimum Gasteiger partial charge on any atom is -0.322 e. The lowest BCUT2D eigenvalue weighted by Gasteiger charge is -2.14. The molecule has 0 saturated carbocycles. The molecule has 0 fully saturated rings. The molecule has 2 heterocycles. The van der Waals surface area contributed by atoms with E-state index in [1.54, 1.807) is 17.4 Å². The highest BCUT2D eigenvalue weighted by molar-refractivity contribution is 8.00. The van der Waals surface area contributed by atoms with E-state index in [0.717, 1.165) is 21.0 Å². The Balaban J connectivity index is 1.39. The quantitative estimate of drug-likeness (QED) is 0.261. The number of aromatic nitrogens is 1. The van der Waals surface area contributed by atoms with Gasteiger partial charge in [0.1, 0.15) is 0 Å². The standard InChI is InChI=1S/C25H23N3O2S3/c1-3-21(24(30)28-25-27-20(15-32-25)22-11-6-12-31-22)33-19-10-5-9-18(14-19)26-23(29)17-8-4-7-16(2)13-17/h4-15,21H,3H2,1-2H3,(H,26,29)(H,27,28,30). The molecule has 2 N–H and O–H groups in total. The third-order valence-electron chi connectivity index (χ3n) is 4.82. The summed E-state index contributed by atoms with van der Waals surface area (Å²) in [6.07, 6.45) is 0.666. The number of hydrogen-bond acceptors (Lipinski definition) is 6. The number of carbonyl (C=O) groups excluding carboxylic acids is 2. The number of carbonyl (C=O) groups is 2. The summed E-state index contributed by atoms with van der Waals surface area (Å²) in [7, 11) is 0. The van der Waals surface area contributed by atoms with Crippen molar-refractivity contribution in [1.82, 2.24) is 4.98 Å². The van der Waals surface area contributed by atoms with Crippen LogP contribution in [0.3, 0.4) is 0 Å². The Morgan fingerprint density at radius 3 is 2.64 bits per heavy atom. The second kappa shape index (κ2) is 10.8. The van der Waals surface area contributed by atoms with E-state index < -0.39 is 0 Å². The highest BCUT2D eigenvalue weighted by Gasteiger charge is 2.20. The number of nitrogens with zero attached hydrogens (tertiary/aromatic N) is 1. The number of thiazole rings is 1. The molecule has 33 heavy (non-hydrogen) atoms. The SMILES string of the molecule is CCC(Sc1cccc(NC(=O)c2cccc(C)c2)c1)C(=O)Nc1nc(-c2cccs2)cs1. The molecule has 0 spiro atoms. The van der Waals surface area contributed by atoms with Crippen LogP contribution in [0.15, 0.2) is 76.3 Å². The van der Waals surface area contributed by atoms with Gasteiger partial charge in [-0.2, -0.15) is 0 Å². The van der Waals surface area contributed by atoms with Gasteiger partial charge in [-0.1, -0.05) is 36.8 Å². The van der Waals surface area contributed by atoms with Crippen LogP contribution in [-0.4, -0.2) is 22.0 Å². The Bertz CT molecular complexity index is 1250. The summed E-state index contributed by atoms with van der Waals surface area (Å²) in [5, 5.41) is 10.2. The number of nitrogens with one attached hydrogen (secondary N) is 2. The van der Waals surface area contributed by atoms with Gasteiger partial charge in [-0.05, 0) is 55.1 Å². The molecule has 0 aliphatic carbocycles. The molecular formula is C25H23N3O2S3. The smallest absolute Gasteiger partial charge is 0.255 e. The fraction of sp³-hybridized carbons (Fsp3) is 0.160. The first kappa shape index (κ1) is 23.2. The molecule has 0 saturated heterocycles. The molecule has 2 amide bonds. The maximum absolute atomic E-state index is 12.9. The summed E-state index contributed by atoms with van der Waals surface area (Å²) in [6.45, 7) is 3.94. The number of thioether (sulfide) groups is 1. The average molecular weight is 494 g/mol. The summed E-state index contributed by atoms with van der Waals surface area (Å²) in [5.41, 5.74) is 3.22. The number of anilines is 2. The van der Waals surface area contributed by atoms with Crippen LogP contribution in [0.5, 0.6) is 0 Å². The van der Waals surface area contributed by atoms with Crippen molar-refractivity contribution < 1.29 is 9.59 Å². The van der Waals surface area contributed by atoms with Crippen LogP contribution < -0.4 is 10.6 Å². The van der Waals surface area contributed by atoms with Gasteiger partial charge in [-0.25, -0.2) is 4.98 Å². The van der Waals surface area contributed by atoms with Gasteiger partial charge in [-0.15, -0.1) is 34.4 Å². The Labute approximate surface area is 205 Å². The Hall–Kier alpha value is -2.94. The van der Waals surface area contributed by atoms with Crippen LogP contribution in [0, 0.1) is 6.92 Å². The molecular weight excluding hydrogens is 470 g/mol. The van der Waals surface area contributed by atoms with Crippen LogP contribution in [0.1, 0.15) is 29.3 Å². The largest absolute Gasteiger partial charge is 0.322 e. The van der Waals surface area contributed by atoms with Gasteiger partial charge >= 0.3 is 0 Å². The Morgan fingerprint density at radius 1 is 1.03 bits per heavy atom. The van der Waals surface area contributed by atoms with Crippen molar-refractivity contribution in [2.45, 2.75) is 30.4 Å². The normalized spacial score (nSPS) is 11.7. The van der Waals surface area contributed by atoms with E-state index in [1.807, 2.05) is 79.2 Å². The summed E-state index contributed by atoms with van der Waals surface area (Å²) in [5.74, 6) is -0.236. The van der Waals surface area contributed by atoms with Gasteiger partial charge < -0.3 is 10.6 Å². The van der Waals surface area contributed by atoms with E-state index >= 15 is 0 Å². The predicted octanol–water partition coefficient (Wildman–Crippen LogP) is 6.94. The fourth-order valence-corrected chi connectivity index (χ4v) is 5.67. The lowest BCUT2D eigenvalue weighted by molar-refractivity contribution is -0.115. The number of amides is 2. The van der Waals surface area contributed by atoms with Crippen molar-refractivity contribution in [3.05, 3.63) is 82.6 Å². The highest BCUT2D eigenvalue weighted by atomic mass is 32.2. The predicted molar refractivity (Wildman–Crippen MR) is 140 cm³/mol. The summed E-state index contributed by atoms with van der Waals surface area (Å²) < 4.78 is 0. The molecule has 0 bridgehead atoms. The molecule has 2 aromatic heterocycles. The van der Waals surface area contributed by atoms with Crippen LogP contribution in [-0.2, 0) is 4.79 Å². The van der Waals surface area contributed by atoms with E-state index in [2.05, 4.69) is 15.6 Å². The van der Waals surface area contributed by atoms with E-state index in [-0.39, 0.29) is 17.1 Å². The molecule has 1 atom stereocenters. The van der Waals surface area contributed by atoms with Crippen molar-refractivity contribution in [2.24, 2.45) is 0 Å². The first-order chi connectivity index (χ1) is 16.0. The number of benzene rings is 2. The second-order valence-corrected chi connectivity index (χ2v) is 10.5. The number of aryl methyl sites for hydroxylation is 1. The lowest BCUT2D eigenvalue weighted by atomic mass is 10.1. The molecule has 5 nitrogen and oxygen atoms in total. The minimum atomic E-state index is -0.276. The van der Waals surface area contributed by atoms with Crippen molar-refractivity contribution in [2.75, 3.05) is 10.6 Å². The molecule has 0 aliphatic heterocycles. The Kier molecular flexibility index (Phi) is 7.59. The van der Waals surface area contributed by atoms with Gasteiger partial charge in [0.2, 0.25) is 5.91 Å². The maximum atomic E-state index is 12.9. The zero-order chi connectivity index (χ0) is 23.2. The molecule has 2 aromatic carbocycles. The first-order valence-electron chi connectivity index (χ1n) is 10.5. The summed E-state index contributed by atoms with van der Waals surface area (Å²) in [4.78, 5) is 32.0.